The molecule has 1 fully saturated rings. The summed E-state index contributed by atoms with van der Waals surface area (Å²) in [6, 6.07) is 8.58. The minimum atomic E-state index is 0.491. The highest BCUT2D eigenvalue weighted by atomic mass is 15.1. The molecule has 1 unspecified atom stereocenters. The maximum absolute atomic E-state index is 6.15. The highest BCUT2D eigenvalue weighted by molar-refractivity contribution is 5.83. The van der Waals surface area contributed by atoms with Gasteiger partial charge in [0.15, 0.2) is 0 Å². The average Bonchev–Trinajstić information content (AvgIpc) is 2.94. The van der Waals surface area contributed by atoms with Crippen LogP contribution in [0.15, 0.2) is 30.5 Å². The van der Waals surface area contributed by atoms with E-state index in [0.29, 0.717) is 5.92 Å². The Morgan fingerprint density at radius 3 is 2.76 bits per heavy atom. The first-order valence-corrected chi connectivity index (χ1v) is 8.32. The fourth-order valence-electron chi connectivity index (χ4n) is 3.87. The van der Waals surface area contributed by atoms with E-state index in [9.17, 15) is 0 Å². The van der Waals surface area contributed by atoms with E-state index in [-0.39, 0.29) is 0 Å². The number of nitrogens with two attached hydrogens (primary N) is 1. The molecule has 0 bridgehead atoms. The summed E-state index contributed by atoms with van der Waals surface area (Å²) in [5.74, 6) is 1.22. The first-order valence-electron chi connectivity index (χ1n) is 8.32. The van der Waals surface area contributed by atoms with E-state index in [4.69, 9.17) is 5.73 Å². The molecule has 1 aliphatic rings. The Balaban J connectivity index is 1.76. The van der Waals surface area contributed by atoms with Crippen molar-refractivity contribution in [2.75, 3.05) is 26.2 Å². The second kappa shape index (κ2) is 6.63. The third-order valence-electron chi connectivity index (χ3n) is 5.02. The molecule has 0 saturated carbocycles. The lowest BCUT2D eigenvalue weighted by molar-refractivity contribution is 0.170. The van der Waals surface area contributed by atoms with Crippen LogP contribution < -0.4 is 5.73 Å². The van der Waals surface area contributed by atoms with Crippen molar-refractivity contribution in [1.82, 2.24) is 9.88 Å². The number of piperidine rings is 1. The van der Waals surface area contributed by atoms with Crippen LogP contribution in [0.1, 0.15) is 37.7 Å². The molecule has 3 N–H and O–H groups in total. The molecule has 0 radical (unpaired) electrons. The van der Waals surface area contributed by atoms with Crippen molar-refractivity contribution >= 4 is 10.9 Å². The highest BCUT2D eigenvalue weighted by Crippen LogP contribution is 2.35. The van der Waals surface area contributed by atoms with Gasteiger partial charge in [0.2, 0.25) is 0 Å². The first kappa shape index (κ1) is 14.6. The van der Waals surface area contributed by atoms with Crippen molar-refractivity contribution in [3.8, 4) is 0 Å². The molecule has 21 heavy (non-hydrogen) atoms. The topological polar surface area (TPSA) is 45.0 Å². The minimum Gasteiger partial charge on any atom is -0.361 e. The highest BCUT2D eigenvalue weighted by Gasteiger charge is 2.27. The van der Waals surface area contributed by atoms with Crippen LogP contribution in [0.2, 0.25) is 0 Å². The van der Waals surface area contributed by atoms with Crippen LogP contribution in [-0.2, 0) is 0 Å². The van der Waals surface area contributed by atoms with Crippen LogP contribution in [0.4, 0.5) is 0 Å². The van der Waals surface area contributed by atoms with Crippen LogP contribution in [0.25, 0.3) is 10.9 Å². The van der Waals surface area contributed by atoms with Gasteiger partial charge in [0, 0.05) is 23.0 Å². The molecule has 1 atom stereocenters. The van der Waals surface area contributed by atoms with E-state index in [1.165, 1.54) is 55.4 Å². The fourth-order valence-corrected chi connectivity index (χ4v) is 3.87. The number of H-pyrrole nitrogens is 1. The van der Waals surface area contributed by atoms with Gasteiger partial charge in [-0.1, -0.05) is 25.1 Å². The minimum absolute atomic E-state index is 0.491. The normalized spacial score (nSPS) is 19.1. The molecule has 2 heterocycles. The van der Waals surface area contributed by atoms with E-state index in [1.54, 1.807) is 0 Å². The fraction of sp³-hybridized carbons (Fsp3) is 0.556. The predicted molar refractivity (Wildman–Crippen MR) is 89.5 cm³/mol. The number of likely N-dealkylation sites (tertiary alicyclic amines) is 1. The number of benzene rings is 1. The molecule has 1 aromatic heterocycles. The van der Waals surface area contributed by atoms with Crippen LogP contribution in [0.5, 0.6) is 0 Å². The van der Waals surface area contributed by atoms with Gasteiger partial charge in [0.1, 0.15) is 0 Å². The van der Waals surface area contributed by atoms with Gasteiger partial charge >= 0.3 is 0 Å². The third-order valence-corrected chi connectivity index (χ3v) is 5.02. The standard InChI is InChI=1S/C18H27N3/c1-2-9-21-10-7-14(8-11-21)16(12-19)17-13-20-18-6-4-3-5-15(17)18/h3-6,13-14,16,20H,2,7-12,19H2,1H3. The Morgan fingerprint density at radius 2 is 2.05 bits per heavy atom. The van der Waals surface area contributed by atoms with Gasteiger partial charge in [-0.3, -0.25) is 0 Å². The number of aromatic amines is 1. The molecule has 0 spiro atoms. The maximum Gasteiger partial charge on any atom is 0.0456 e. The SMILES string of the molecule is CCCN1CCC(C(CN)c2c[nH]c3ccccc23)CC1. The summed E-state index contributed by atoms with van der Waals surface area (Å²) in [7, 11) is 0. The number of hydrogen-bond donors (Lipinski definition) is 2. The van der Waals surface area contributed by atoms with Gasteiger partial charge in [-0.15, -0.1) is 0 Å². The largest absolute Gasteiger partial charge is 0.361 e. The number of hydrogen-bond acceptors (Lipinski definition) is 2. The molecule has 114 valence electrons. The van der Waals surface area contributed by atoms with E-state index in [1.807, 2.05) is 0 Å². The Kier molecular flexibility index (Phi) is 4.61. The smallest absolute Gasteiger partial charge is 0.0456 e. The summed E-state index contributed by atoms with van der Waals surface area (Å²) < 4.78 is 0. The zero-order chi connectivity index (χ0) is 14.7. The number of aromatic nitrogens is 1. The Hall–Kier alpha value is -1.32. The van der Waals surface area contributed by atoms with Crippen molar-refractivity contribution in [2.45, 2.75) is 32.1 Å². The monoisotopic (exact) mass is 285 g/mol. The molecular weight excluding hydrogens is 258 g/mol. The number of rotatable bonds is 5. The van der Waals surface area contributed by atoms with E-state index in [0.717, 1.165) is 12.5 Å². The van der Waals surface area contributed by atoms with Crippen LogP contribution in [-0.4, -0.2) is 36.1 Å². The summed E-state index contributed by atoms with van der Waals surface area (Å²) in [6.07, 6.45) is 6.00. The van der Waals surface area contributed by atoms with Crippen LogP contribution in [0.3, 0.4) is 0 Å². The first-order chi connectivity index (χ1) is 10.3. The number of nitrogens with one attached hydrogen (secondary N) is 1. The summed E-state index contributed by atoms with van der Waals surface area (Å²) in [4.78, 5) is 6.00. The molecule has 0 amide bonds. The van der Waals surface area contributed by atoms with E-state index in [2.05, 4.69) is 47.3 Å². The lowest BCUT2D eigenvalue weighted by Crippen LogP contribution is -2.37. The van der Waals surface area contributed by atoms with Crippen molar-refractivity contribution < 1.29 is 0 Å². The molecule has 3 rings (SSSR count). The molecule has 1 aliphatic heterocycles. The van der Waals surface area contributed by atoms with Crippen molar-refractivity contribution in [2.24, 2.45) is 11.7 Å². The lowest BCUT2D eigenvalue weighted by atomic mass is 9.80. The Morgan fingerprint density at radius 1 is 1.29 bits per heavy atom. The van der Waals surface area contributed by atoms with Gasteiger partial charge in [-0.05, 0) is 63.0 Å². The second-order valence-electron chi connectivity index (χ2n) is 6.31. The molecular formula is C18H27N3. The summed E-state index contributed by atoms with van der Waals surface area (Å²) in [6.45, 7) is 6.73. The van der Waals surface area contributed by atoms with Crippen molar-refractivity contribution in [3.05, 3.63) is 36.0 Å². The van der Waals surface area contributed by atoms with E-state index < -0.39 is 0 Å². The van der Waals surface area contributed by atoms with Crippen LogP contribution >= 0.6 is 0 Å². The Bertz CT molecular complexity index is 567. The molecule has 0 aliphatic carbocycles. The van der Waals surface area contributed by atoms with Gasteiger partial charge in [-0.2, -0.15) is 0 Å². The van der Waals surface area contributed by atoms with Gasteiger partial charge in [0.25, 0.3) is 0 Å². The Labute approximate surface area is 127 Å². The average molecular weight is 285 g/mol. The number of para-hydroxylation sites is 1. The van der Waals surface area contributed by atoms with Crippen LogP contribution in [0, 0.1) is 5.92 Å². The maximum atomic E-state index is 6.15. The summed E-state index contributed by atoms with van der Waals surface area (Å²) in [5.41, 5.74) is 8.80. The predicted octanol–water partition coefficient (Wildman–Crippen LogP) is 3.33. The number of fused-ring (bicyclic) bond motifs is 1. The van der Waals surface area contributed by atoms with Gasteiger partial charge in [-0.25, -0.2) is 0 Å². The zero-order valence-electron chi connectivity index (χ0n) is 13.0. The van der Waals surface area contributed by atoms with Gasteiger partial charge < -0.3 is 15.6 Å². The zero-order valence-corrected chi connectivity index (χ0v) is 13.0. The quantitative estimate of drug-likeness (QED) is 0.885. The molecule has 3 heteroatoms. The number of nitrogens with zero attached hydrogens (tertiary/aromatic N) is 1. The summed E-state index contributed by atoms with van der Waals surface area (Å²) >= 11 is 0. The van der Waals surface area contributed by atoms with Crippen molar-refractivity contribution in [3.63, 3.8) is 0 Å². The lowest BCUT2D eigenvalue weighted by Gasteiger charge is -2.35. The molecule has 3 nitrogen and oxygen atoms in total. The van der Waals surface area contributed by atoms with Gasteiger partial charge in [0.05, 0.1) is 0 Å². The third kappa shape index (κ3) is 2.99. The molecule has 2 aromatic rings. The molecule has 1 saturated heterocycles. The van der Waals surface area contributed by atoms with Crippen molar-refractivity contribution in [1.29, 1.82) is 0 Å². The molecule has 1 aromatic carbocycles. The second-order valence-corrected chi connectivity index (χ2v) is 6.31. The summed E-state index contributed by atoms with van der Waals surface area (Å²) in [5, 5.41) is 1.35. The van der Waals surface area contributed by atoms with E-state index >= 15 is 0 Å².